The van der Waals surface area contributed by atoms with Crippen LogP contribution >= 0.6 is 0 Å². The van der Waals surface area contributed by atoms with Gasteiger partial charge in [0.2, 0.25) is 5.91 Å². The van der Waals surface area contributed by atoms with Crippen LogP contribution in [0.3, 0.4) is 0 Å². The minimum Gasteiger partial charge on any atom is -0.468 e. The maximum atomic E-state index is 11.1. The van der Waals surface area contributed by atoms with Crippen LogP contribution in [0.15, 0.2) is 34.9 Å². The number of carbonyl (C=O) groups is 1. The van der Waals surface area contributed by atoms with Gasteiger partial charge in [-0.25, -0.2) is 0 Å². The highest BCUT2D eigenvalue weighted by atomic mass is 16.3. The maximum absolute atomic E-state index is 11.1. The van der Waals surface area contributed by atoms with Gasteiger partial charge < -0.3 is 9.73 Å². The van der Waals surface area contributed by atoms with Crippen LogP contribution in [0.25, 0.3) is 10.8 Å². The molecular formula is C12H11NO2. The minimum atomic E-state index is 0.112. The van der Waals surface area contributed by atoms with E-state index >= 15 is 0 Å². The zero-order chi connectivity index (χ0) is 10.3. The second-order valence-corrected chi connectivity index (χ2v) is 3.89. The Morgan fingerprint density at radius 2 is 2.20 bits per heavy atom. The first kappa shape index (κ1) is 8.53. The van der Waals surface area contributed by atoms with E-state index < -0.39 is 0 Å². The monoisotopic (exact) mass is 201 g/mol. The lowest BCUT2D eigenvalue weighted by atomic mass is 10.0. The Morgan fingerprint density at radius 1 is 1.33 bits per heavy atom. The molecule has 1 aliphatic heterocycles. The number of nitrogens with one attached hydrogen (secondary N) is 1. The summed E-state index contributed by atoms with van der Waals surface area (Å²) in [6, 6.07) is 8.04. The van der Waals surface area contributed by atoms with Crippen LogP contribution in [-0.2, 0) is 4.79 Å². The van der Waals surface area contributed by atoms with Gasteiger partial charge in [-0.05, 0) is 0 Å². The van der Waals surface area contributed by atoms with Crippen LogP contribution in [0.5, 0.6) is 0 Å². The number of carbonyl (C=O) groups excluding carboxylic acids is 1. The van der Waals surface area contributed by atoms with Gasteiger partial charge in [-0.3, -0.25) is 4.79 Å². The van der Waals surface area contributed by atoms with Gasteiger partial charge in [0.1, 0.15) is 5.76 Å². The van der Waals surface area contributed by atoms with Crippen LogP contribution in [0.1, 0.15) is 18.1 Å². The maximum Gasteiger partial charge on any atom is 0.220 e. The number of fused-ring (bicyclic) bond motifs is 1. The Labute approximate surface area is 87.1 Å². The van der Waals surface area contributed by atoms with E-state index in [-0.39, 0.29) is 11.8 Å². The topological polar surface area (TPSA) is 42.2 Å². The molecule has 1 fully saturated rings. The van der Waals surface area contributed by atoms with Gasteiger partial charge in [-0.1, -0.05) is 24.3 Å². The number of hydrogen-bond donors (Lipinski definition) is 1. The second-order valence-electron chi connectivity index (χ2n) is 3.89. The van der Waals surface area contributed by atoms with E-state index in [0.29, 0.717) is 13.0 Å². The smallest absolute Gasteiger partial charge is 0.220 e. The number of benzene rings is 1. The summed E-state index contributed by atoms with van der Waals surface area (Å²) < 4.78 is 5.56. The third kappa shape index (κ3) is 1.31. The first-order valence-corrected chi connectivity index (χ1v) is 5.07. The quantitative estimate of drug-likeness (QED) is 0.767. The first-order chi connectivity index (χ1) is 7.34. The largest absolute Gasteiger partial charge is 0.468 e. The molecule has 3 nitrogen and oxygen atoms in total. The van der Waals surface area contributed by atoms with Gasteiger partial charge in [0, 0.05) is 29.7 Å². The summed E-state index contributed by atoms with van der Waals surface area (Å²) in [7, 11) is 0. The molecule has 0 spiro atoms. The molecule has 1 unspecified atom stereocenters. The van der Waals surface area contributed by atoms with Crippen molar-refractivity contribution in [3.8, 4) is 0 Å². The molecule has 15 heavy (non-hydrogen) atoms. The minimum absolute atomic E-state index is 0.112. The summed E-state index contributed by atoms with van der Waals surface area (Å²) in [5.74, 6) is 1.24. The highest BCUT2D eigenvalue weighted by molar-refractivity contribution is 5.86. The zero-order valence-corrected chi connectivity index (χ0v) is 8.19. The third-order valence-electron chi connectivity index (χ3n) is 2.89. The fraction of sp³-hybridized carbons (Fsp3) is 0.250. The number of amides is 1. The van der Waals surface area contributed by atoms with Gasteiger partial charge in [0.25, 0.3) is 0 Å². The molecule has 1 amide bonds. The van der Waals surface area contributed by atoms with Crippen LogP contribution in [-0.4, -0.2) is 12.5 Å². The van der Waals surface area contributed by atoms with Crippen molar-refractivity contribution in [2.75, 3.05) is 6.54 Å². The molecule has 3 rings (SSSR count). The van der Waals surface area contributed by atoms with Crippen molar-refractivity contribution >= 4 is 16.7 Å². The molecule has 1 saturated heterocycles. The highest BCUT2D eigenvalue weighted by Crippen LogP contribution is 2.31. The van der Waals surface area contributed by atoms with Gasteiger partial charge >= 0.3 is 0 Å². The second kappa shape index (κ2) is 3.12. The molecule has 0 bridgehead atoms. The fourth-order valence-corrected chi connectivity index (χ4v) is 2.12. The van der Waals surface area contributed by atoms with Gasteiger partial charge in [-0.15, -0.1) is 0 Å². The molecular weight excluding hydrogens is 190 g/mol. The van der Waals surface area contributed by atoms with E-state index in [1.165, 1.54) is 0 Å². The van der Waals surface area contributed by atoms with Crippen molar-refractivity contribution in [1.82, 2.24) is 5.32 Å². The fourth-order valence-electron chi connectivity index (χ4n) is 2.12. The average molecular weight is 201 g/mol. The van der Waals surface area contributed by atoms with Crippen molar-refractivity contribution in [3.05, 3.63) is 36.3 Å². The molecule has 1 aromatic heterocycles. The van der Waals surface area contributed by atoms with E-state index in [1.54, 1.807) is 6.26 Å². The van der Waals surface area contributed by atoms with Crippen LogP contribution in [0.4, 0.5) is 0 Å². The molecule has 1 atom stereocenters. The van der Waals surface area contributed by atoms with Gasteiger partial charge in [0.05, 0.1) is 6.26 Å². The van der Waals surface area contributed by atoms with Crippen molar-refractivity contribution in [1.29, 1.82) is 0 Å². The molecule has 2 aromatic rings. The Hall–Kier alpha value is -1.77. The SMILES string of the molecule is O=C1CC(c2occ3ccccc23)CN1. The summed E-state index contributed by atoms with van der Waals surface area (Å²) in [5.41, 5.74) is 0. The first-order valence-electron chi connectivity index (χ1n) is 5.07. The molecule has 1 aromatic carbocycles. The summed E-state index contributed by atoms with van der Waals surface area (Å²) in [5, 5.41) is 5.05. The molecule has 76 valence electrons. The lowest BCUT2D eigenvalue weighted by Crippen LogP contribution is -2.13. The molecule has 2 heterocycles. The highest BCUT2D eigenvalue weighted by Gasteiger charge is 2.26. The van der Waals surface area contributed by atoms with Crippen molar-refractivity contribution in [2.24, 2.45) is 0 Å². The predicted octanol–water partition coefficient (Wildman–Crippen LogP) is 2.04. The predicted molar refractivity (Wildman–Crippen MR) is 56.6 cm³/mol. The van der Waals surface area contributed by atoms with E-state index in [0.717, 1.165) is 16.5 Å². The standard InChI is InChI=1S/C12H11NO2/c14-11-5-9(6-13-11)12-10-4-2-1-3-8(10)7-15-12/h1-4,7,9H,5-6H2,(H,13,14). The van der Waals surface area contributed by atoms with Crippen LogP contribution < -0.4 is 5.32 Å². The lowest BCUT2D eigenvalue weighted by Gasteiger charge is -2.02. The van der Waals surface area contributed by atoms with Crippen molar-refractivity contribution in [2.45, 2.75) is 12.3 Å². The molecule has 0 radical (unpaired) electrons. The average Bonchev–Trinajstić information content (AvgIpc) is 2.83. The van der Waals surface area contributed by atoms with E-state index in [1.807, 2.05) is 24.3 Å². The van der Waals surface area contributed by atoms with E-state index in [2.05, 4.69) is 5.32 Å². The Kier molecular flexibility index (Phi) is 1.78. The van der Waals surface area contributed by atoms with Gasteiger partial charge in [-0.2, -0.15) is 0 Å². The normalized spacial score (nSPS) is 20.8. The molecule has 3 heteroatoms. The molecule has 1 N–H and O–H groups in total. The Balaban J connectivity index is 2.07. The molecule has 0 aliphatic carbocycles. The zero-order valence-electron chi connectivity index (χ0n) is 8.19. The van der Waals surface area contributed by atoms with E-state index in [9.17, 15) is 4.79 Å². The molecule has 0 saturated carbocycles. The van der Waals surface area contributed by atoms with Crippen LogP contribution in [0, 0.1) is 0 Å². The van der Waals surface area contributed by atoms with Crippen molar-refractivity contribution < 1.29 is 9.21 Å². The summed E-state index contributed by atoms with van der Waals surface area (Å²) >= 11 is 0. The molecule has 1 aliphatic rings. The number of furan rings is 1. The van der Waals surface area contributed by atoms with E-state index in [4.69, 9.17) is 4.42 Å². The lowest BCUT2D eigenvalue weighted by molar-refractivity contribution is -0.119. The Morgan fingerprint density at radius 3 is 3.00 bits per heavy atom. The van der Waals surface area contributed by atoms with Crippen LogP contribution in [0.2, 0.25) is 0 Å². The number of hydrogen-bond acceptors (Lipinski definition) is 2. The third-order valence-corrected chi connectivity index (χ3v) is 2.89. The van der Waals surface area contributed by atoms with Crippen molar-refractivity contribution in [3.63, 3.8) is 0 Å². The summed E-state index contributed by atoms with van der Waals surface area (Å²) in [6.45, 7) is 0.691. The summed E-state index contributed by atoms with van der Waals surface area (Å²) in [4.78, 5) is 11.1. The summed E-state index contributed by atoms with van der Waals surface area (Å²) in [6.07, 6.45) is 2.30. The van der Waals surface area contributed by atoms with Gasteiger partial charge in [0.15, 0.2) is 0 Å². The number of rotatable bonds is 1. The Bertz CT molecular complexity index is 515.